The molecule has 4 unspecified atom stereocenters. The van der Waals surface area contributed by atoms with Gasteiger partial charge in [-0.25, -0.2) is 0 Å². The highest BCUT2D eigenvalue weighted by Crippen LogP contribution is 2.42. The molecule has 1 saturated heterocycles. The monoisotopic (exact) mass is 281 g/mol. The van der Waals surface area contributed by atoms with E-state index in [2.05, 4.69) is 32.6 Å². The SMILES string of the molecule is CCC(C)(C)C1CCC(O)C(N2CCCCCC2C)C1. The maximum absolute atomic E-state index is 10.5. The Labute approximate surface area is 125 Å². The van der Waals surface area contributed by atoms with Gasteiger partial charge in [0.05, 0.1) is 6.10 Å². The van der Waals surface area contributed by atoms with Crippen molar-refractivity contribution in [3.05, 3.63) is 0 Å². The van der Waals surface area contributed by atoms with Crippen LogP contribution in [-0.4, -0.2) is 34.7 Å². The van der Waals surface area contributed by atoms with Gasteiger partial charge in [-0.1, -0.05) is 40.0 Å². The summed E-state index contributed by atoms with van der Waals surface area (Å²) in [5, 5.41) is 10.5. The largest absolute Gasteiger partial charge is 0.391 e. The Balaban J connectivity index is 2.07. The minimum absolute atomic E-state index is 0.0977. The van der Waals surface area contributed by atoms with Gasteiger partial charge in [0.25, 0.3) is 0 Å². The lowest BCUT2D eigenvalue weighted by atomic mass is 9.67. The third kappa shape index (κ3) is 3.57. The van der Waals surface area contributed by atoms with E-state index in [0.29, 0.717) is 17.5 Å². The highest BCUT2D eigenvalue weighted by atomic mass is 16.3. The van der Waals surface area contributed by atoms with Crippen molar-refractivity contribution in [1.82, 2.24) is 4.90 Å². The Hall–Kier alpha value is -0.0800. The zero-order valence-corrected chi connectivity index (χ0v) is 14.1. The lowest BCUT2D eigenvalue weighted by molar-refractivity contribution is -0.0332. The van der Waals surface area contributed by atoms with Crippen LogP contribution in [0.3, 0.4) is 0 Å². The first-order chi connectivity index (χ1) is 9.45. The Morgan fingerprint density at radius 1 is 1.10 bits per heavy atom. The van der Waals surface area contributed by atoms with Crippen LogP contribution in [0.1, 0.15) is 79.1 Å². The molecule has 4 atom stereocenters. The van der Waals surface area contributed by atoms with Crippen molar-refractivity contribution in [3.8, 4) is 0 Å². The minimum Gasteiger partial charge on any atom is -0.391 e. The molecule has 2 nitrogen and oxygen atoms in total. The van der Waals surface area contributed by atoms with Gasteiger partial charge in [-0.15, -0.1) is 0 Å². The summed E-state index contributed by atoms with van der Waals surface area (Å²) in [6.45, 7) is 10.7. The Morgan fingerprint density at radius 3 is 2.55 bits per heavy atom. The van der Waals surface area contributed by atoms with Crippen LogP contribution in [-0.2, 0) is 0 Å². The molecule has 0 amide bonds. The standard InChI is InChI=1S/C18H35NO/c1-5-18(3,4)15-10-11-17(20)16(13-15)19-12-8-6-7-9-14(19)2/h14-17,20H,5-13H2,1-4H3. The van der Waals surface area contributed by atoms with E-state index in [0.717, 1.165) is 12.3 Å². The second-order valence-electron chi connectivity index (χ2n) is 7.92. The smallest absolute Gasteiger partial charge is 0.0695 e. The number of likely N-dealkylation sites (tertiary alicyclic amines) is 1. The van der Waals surface area contributed by atoms with E-state index in [1.54, 1.807) is 0 Å². The average molecular weight is 281 g/mol. The Bertz CT molecular complexity index is 302. The summed E-state index contributed by atoms with van der Waals surface area (Å²) < 4.78 is 0. The third-order valence-corrected chi connectivity index (χ3v) is 6.33. The van der Waals surface area contributed by atoms with Crippen LogP contribution in [0.2, 0.25) is 0 Å². The van der Waals surface area contributed by atoms with E-state index in [9.17, 15) is 5.11 Å². The molecule has 2 heteroatoms. The van der Waals surface area contributed by atoms with Gasteiger partial charge in [0, 0.05) is 12.1 Å². The molecule has 20 heavy (non-hydrogen) atoms. The zero-order valence-electron chi connectivity index (χ0n) is 14.1. The second kappa shape index (κ2) is 6.79. The van der Waals surface area contributed by atoms with Gasteiger partial charge in [0.1, 0.15) is 0 Å². The molecule has 1 heterocycles. The predicted molar refractivity (Wildman–Crippen MR) is 85.8 cm³/mol. The molecule has 1 N–H and O–H groups in total. The zero-order chi connectivity index (χ0) is 14.8. The molecule has 2 rings (SSSR count). The summed E-state index contributed by atoms with van der Waals surface area (Å²) in [6.07, 6.45) is 9.92. The van der Waals surface area contributed by atoms with Crippen molar-refractivity contribution in [3.63, 3.8) is 0 Å². The van der Waals surface area contributed by atoms with Gasteiger partial charge >= 0.3 is 0 Å². The normalized spacial score (nSPS) is 37.6. The molecule has 0 aromatic heterocycles. The lowest BCUT2D eigenvalue weighted by Gasteiger charge is -2.47. The third-order valence-electron chi connectivity index (χ3n) is 6.33. The van der Waals surface area contributed by atoms with Gasteiger partial charge < -0.3 is 5.11 Å². The number of aliphatic hydroxyl groups is 1. The molecule has 2 aliphatic rings. The summed E-state index contributed by atoms with van der Waals surface area (Å²) in [5.74, 6) is 0.774. The Kier molecular flexibility index (Phi) is 5.53. The molecule has 2 fully saturated rings. The highest BCUT2D eigenvalue weighted by molar-refractivity contribution is 4.93. The van der Waals surface area contributed by atoms with Crippen molar-refractivity contribution < 1.29 is 5.11 Å². The molecule has 118 valence electrons. The van der Waals surface area contributed by atoms with Gasteiger partial charge in [-0.05, 0) is 56.9 Å². The van der Waals surface area contributed by atoms with Crippen LogP contribution in [0.15, 0.2) is 0 Å². The number of hydrogen-bond acceptors (Lipinski definition) is 2. The lowest BCUT2D eigenvalue weighted by Crippen LogP contribution is -2.52. The van der Waals surface area contributed by atoms with Crippen molar-refractivity contribution in [2.24, 2.45) is 11.3 Å². The van der Waals surface area contributed by atoms with Gasteiger partial charge in [-0.3, -0.25) is 4.90 Å². The van der Waals surface area contributed by atoms with Crippen molar-refractivity contribution in [2.75, 3.05) is 6.54 Å². The number of rotatable bonds is 3. The van der Waals surface area contributed by atoms with Crippen LogP contribution in [0.5, 0.6) is 0 Å². The molecular formula is C18H35NO. The highest BCUT2D eigenvalue weighted by Gasteiger charge is 2.40. The molecule has 0 aromatic carbocycles. The molecule has 0 spiro atoms. The fourth-order valence-corrected chi connectivity index (χ4v) is 4.28. The topological polar surface area (TPSA) is 23.5 Å². The fourth-order valence-electron chi connectivity index (χ4n) is 4.28. The van der Waals surface area contributed by atoms with Crippen LogP contribution in [0.25, 0.3) is 0 Å². The van der Waals surface area contributed by atoms with Gasteiger partial charge in [0.2, 0.25) is 0 Å². The predicted octanol–water partition coefficient (Wildman–Crippen LogP) is 4.22. The molecule has 0 aromatic rings. The van der Waals surface area contributed by atoms with Crippen LogP contribution < -0.4 is 0 Å². The quantitative estimate of drug-likeness (QED) is 0.837. The maximum Gasteiger partial charge on any atom is 0.0695 e. The van der Waals surface area contributed by atoms with Crippen LogP contribution >= 0.6 is 0 Å². The first-order valence-corrected chi connectivity index (χ1v) is 8.89. The molecule has 0 radical (unpaired) electrons. The van der Waals surface area contributed by atoms with Crippen LogP contribution in [0, 0.1) is 11.3 Å². The van der Waals surface area contributed by atoms with E-state index >= 15 is 0 Å². The summed E-state index contributed by atoms with van der Waals surface area (Å²) >= 11 is 0. The molecular weight excluding hydrogens is 246 g/mol. The van der Waals surface area contributed by atoms with Crippen molar-refractivity contribution in [2.45, 2.75) is 97.2 Å². The number of aliphatic hydroxyl groups excluding tert-OH is 1. The first kappa shape index (κ1) is 16.3. The maximum atomic E-state index is 10.5. The molecule has 0 bridgehead atoms. The van der Waals surface area contributed by atoms with Gasteiger partial charge in [-0.2, -0.15) is 0 Å². The van der Waals surface area contributed by atoms with E-state index < -0.39 is 0 Å². The summed E-state index contributed by atoms with van der Waals surface area (Å²) in [5.41, 5.74) is 0.424. The molecule has 1 aliphatic carbocycles. The fraction of sp³-hybridized carbons (Fsp3) is 1.00. The Morgan fingerprint density at radius 2 is 1.85 bits per heavy atom. The van der Waals surface area contributed by atoms with E-state index in [1.165, 1.54) is 51.5 Å². The summed E-state index contributed by atoms with van der Waals surface area (Å²) in [4.78, 5) is 2.65. The van der Waals surface area contributed by atoms with Gasteiger partial charge in [0.15, 0.2) is 0 Å². The van der Waals surface area contributed by atoms with E-state index in [-0.39, 0.29) is 6.10 Å². The molecule has 1 saturated carbocycles. The minimum atomic E-state index is -0.0977. The number of nitrogens with zero attached hydrogens (tertiary/aromatic N) is 1. The second-order valence-corrected chi connectivity index (χ2v) is 7.92. The summed E-state index contributed by atoms with van der Waals surface area (Å²) in [7, 11) is 0. The van der Waals surface area contributed by atoms with E-state index in [1.807, 2.05) is 0 Å². The van der Waals surface area contributed by atoms with Crippen LogP contribution in [0.4, 0.5) is 0 Å². The van der Waals surface area contributed by atoms with E-state index in [4.69, 9.17) is 0 Å². The average Bonchev–Trinajstić information content (AvgIpc) is 2.64. The molecule has 1 aliphatic heterocycles. The van der Waals surface area contributed by atoms with Crippen molar-refractivity contribution >= 4 is 0 Å². The van der Waals surface area contributed by atoms with Crippen molar-refractivity contribution in [1.29, 1.82) is 0 Å². The summed E-state index contributed by atoms with van der Waals surface area (Å²) in [6, 6.07) is 1.06. The number of hydrogen-bond donors (Lipinski definition) is 1. The first-order valence-electron chi connectivity index (χ1n) is 8.89.